The van der Waals surface area contributed by atoms with Gasteiger partial charge < -0.3 is 9.64 Å². The number of aromatic nitrogens is 1. The summed E-state index contributed by atoms with van der Waals surface area (Å²) >= 11 is 0. The molecule has 0 atom stereocenters. The Morgan fingerprint density at radius 3 is 2.65 bits per heavy atom. The number of carbonyl (C=O) groups excluding carboxylic acids is 1. The van der Waals surface area contributed by atoms with E-state index in [-0.39, 0.29) is 5.91 Å². The molecule has 5 nitrogen and oxygen atoms in total. The summed E-state index contributed by atoms with van der Waals surface area (Å²) in [5.74, 6) is 3.26. The van der Waals surface area contributed by atoms with Crippen molar-refractivity contribution >= 4 is 5.91 Å². The SMILES string of the molecule is C#CCCN1CCN(C(=O)c2cc(OCc3ccccc3)ccn2)CC1. The van der Waals surface area contributed by atoms with Crippen LogP contribution in [0.15, 0.2) is 48.7 Å². The number of rotatable bonds is 6. The van der Waals surface area contributed by atoms with Crippen molar-refractivity contribution in [3.63, 3.8) is 0 Å². The van der Waals surface area contributed by atoms with Gasteiger partial charge in [-0.25, -0.2) is 0 Å². The second-order valence-corrected chi connectivity index (χ2v) is 6.24. The molecule has 0 saturated carbocycles. The van der Waals surface area contributed by atoms with Crippen molar-refractivity contribution < 1.29 is 9.53 Å². The van der Waals surface area contributed by atoms with Gasteiger partial charge in [-0.05, 0) is 11.6 Å². The topological polar surface area (TPSA) is 45.7 Å². The van der Waals surface area contributed by atoms with Crippen LogP contribution in [0.5, 0.6) is 5.75 Å². The van der Waals surface area contributed by atoms with Gasteiger partial charge in [0.2, 0.25) is 0 Å². The summed E-state index contributed by atoms with van der Waals surface area (Å²) in [4.78, 5) is 21.1. The van der Waals surface area contributed by atoms with Crippen LogP contribution in [0.2, 0.25) is 0 Å². The van der Waals surface area contributed by atoms with Gasteiger partial charge in [0.1, 0.15) is 18.1 Å². The van der Waals surface area contributed by atoms with Gasteiger partial charge in [0.15, 0.2) is 0 Å². The summed E-state index contributed by atoms with van der Waals surface area (Å²) in [5.41, 5.74) is 1.51. The maximum absolute atomic E-state index is 12.7. The average molecular weight is 349 g/mol. The van der Waals surface area contributed by atoms with Gasteiger partial charge in [-0.1, -0.05) is 30.3 Å². The molecule has 0 bridgehead atoms. The highest BCUT2D eigenvalue weighted by atomic mass is 16.5. The van der Waals surface area contributed by atoms with E-state index in [9.17, 15) is 4.79 Å². The number of nitrogens with zero attached hydrogens (tertiary/aromatic N) is 3. The Hall–Kier alpha value is -2.84. The molecule has 3 rings (SSSR count). The van der Waals surface area contributed by atoms with Gasteiger partial charge in [-0.3, -0.25) is 14.7 Å². The zero-order valence-corrected chi connectivity index (χ0v) is 14.8. The zero-order chi connectivity index (χ0) is 18.2. The van der Waals surface area contributed by atoms with E-state index < -0.39 is 0 Å². The predicted octanol–water partition coefficient (Wildman–Crippen LogP) is 2.44. The van der Waals surface area contributed by atoms with Crippen molar-refractivity contribution in [2.45, 2.75) is 13.0 Å². The summed E-state index contributed by atoms with van der Waals surface area (Å²) in [6, 6.07) is 13.4. The highest BCUT2D eigenvalue weighted by Crippen LogP contribution is 2.15. The van der Waals surface area contributed by atoms with E-state index in [1.165, 1.54) is 0 Å². The molecule has 1 aliphatic heterocycles. The predicted molar refractivity (Wildman–Crippen MR) is 101 cm³/mol. The first kappa shape index (κ1) is 18.0. The Balaban J connectivity index is 1.56. The molecule has 1 aromatic heterocycles. The summed E-state index contributed by atoms with van der Waals surface area (Å²) in [6.45, 7) is 4.43. The van der Waals surface area contributed by atoms with Crippen molar-refractivity contribution in [1.82, 2.24) is 14.8 Å². The second kappa shape index (κ2) is 9.02. The molecule has 1 amide bonds. The quantitative estimate of drug-likeness (QED) is 0.752. The van der Waals surface area contributed by atoms with E-state index in [1.54, 1.807) is 18.3 Å². The summed E-state index contributed by atoms with van der Waals surface area (Å²) < 4.78 is 5.79. The lowest BCUT2D eigenvalue weighted by Gasteiger charge is -2.34. The van der Waals surface area contributed by atoms with Crippen LogP contribution in [0.25, 0.3) is 0 Å². The third-order valence-electron chi connectivity index (χ3n) is 4.43. The minimum absolute atomic E-state index is 0.0493. The third kappa shape index (κ3) is 4.84. The summed E-state index contributed by atoms with van der Waals surface area (Å²) in [6.07, 6.45) is 7.68. The molecule has 0 spiro atoms. The fraction of sp³-hybridized carbons (Fsp3) is 0.333. The molecule has 2 aromatic rings. The van der Waals surface area contributed by atoms with E-state index in [2.05, 4.69) is 15.8 Å². The number of benzene rings is 1. The number of piperazine rings is 1. The largest absolute Gasteiger partial charge is 0.489 e. The fourth-order valence-corrected chi connectivity index (χ4v) is 2.92. The number of amides is 1. The Labute approximate surface area is 154 Å². The van der Waals surface area contributed by atoms with E-state index in [1.807, 2.05) is 35.2 Å². The van der Waals surface area contributed by atoms with Gasteiger partial charge in [0.25, 0.3) is 5.91 Å². The second-order valence-electron chi connectivity index (χ2n) is 6.24. The van der Waals surface area contributed by atoms with Crippen molar-refractivity contribution in [2.24, 2.45) is 0 Å². The summed E-state index contributed by atoms with van der Waals surface area (Å²) in [7, 11) is 0. The van der Waals surface area contributed by atoms with Crippen molar-refractivity contribution in [3.8, 4) is 18.1 Å². The van der Waals surface area contributed by atoms with E-state index in [0.717, 1.165) is 31.6 Å². The Morgan fingerprint density at radius 2 is 1.92 bits per heavy atom. The number of pyridine rings is 1. The van der Waals surface area contributed by atoms with Crippen LogP contribution in [-0.2, 0) is 6.61 Å². The normalized spacial score (nSPS) is 14.7. The van der Waals surface area contributed by atoms with E-state index in [4.69, 9.17) is 11.2 Å². The van der Waals surface area contributed by atoms with Crippen LogP contribution in [-0.4, -0.2) is 53.4 Å². The van der Waals surface area contributed by atoms with E-state index in [0.29, 0.717) is 31.1 Å². The molecule has 0 unspecified atom stereocenters. The molecule has 1 fully saturated rings. The van der Waals surface area contributed by atoms with Crippen LogP contribution in [0, 0.1) is 12.3 Å². The molecule has 5 heteroatoms. The first-order valence-corrected chi connectivity index (χ1v) is 8.84. The molecular weight excluding hydrogens is 326 g/mol. The number of terminal acetylenes is 1. The van der Waals surface area contributed by atoms with Crippen LogP contribution < -0.4 is 4.74 Å². The van der Waals surface area contributed by atoms with Gasteiger partial charge in [0.05, 0.1) is 0 Å². The highest BCUT2D eigenvalue weighted by molar-refractivity contribution is 5.92. The van der Waals surface area contributed by atoms with Crippen molar-refractivity contribution in [3.05, 3.63) is 59.9 Å². The molecule has 1 aromatic carbocycles. The molecule has 2 heterocycles. The Morgan fingerprint density at radius 1 is 1.15 bits per heavy atom. The number of ether oxygens (including phenoxy) is 1. The average Bonchev–Trinajstić information content (AvgIpc) is 2.71. The highest BCUT2D eigenvalue weighted by Gasteiger charge is 2.22. The van der Waals surface area contributed by atoms with Crippen LogP contribution in [0.4, 0.5) is 0 Å². The van der Waals surface area contributed by atoms with Gasteiger partial charge in [-0.15, -0.1) is 12.3 Å². The molecule has 0 aliphatic carbocycles. The molecule has 1 saturated heterocycles. The minimum atomic E-state index is -0.0493. The number of hydrogen-bond acceptors (Lipinski definition) is 4. The van der Waals surface area contributed by atoms with Crippen molar-refractivity contribution in [2.75, 3.05) is 32.7 Å². The molecule has 26 heavy (non-hydrogen) atoms. The fourth-order valence-electron chi connectivity index (χ4n) is 2.92. The lowest BCUT2D eigenvalue weighted by atomic mass is 10.2. The van der Waals surface area contributed by atoms with Crippen LogP contribution in [0.3, 0.4) is 0 Å². The van der Waals surface area contributed by atoms with Gasteiger partial charge >= 0.3 is 0 Å². The molecule has 1 aliphatic rings. The lowest BCUT2D eigenvalue weighted by molar-refractivity contribution is 0.0633. The first-order valence-electron chi connectivity index (χ1n) is 8.84. The smallest absolute Gasteiger partial charge is 0.272 e. The monoisotopic (exact) mass is 349 g/mol. The maximum atomic E-state index is 12.7. The standard InChI is InChI=1S/C21H23N3O2/c1-2-3-11-23-12-14-24(15-13-23)21(25)20-16-19(9-10-22-20)26-17-18-7-5-4-6-8-18/h1,4-10,16H,3,11-15,17H2. The van der Waals surface area contributed by atoms with Crippen molar-refractivity contribution in [1.29, 1.82) is 0 Å². The van der Waals surface area contributed by atoms with Crippen LogP contribution >= 0.6 is 0 Å². The molecule has 0 radical (unpaired) electrons. The minimum Gasteiger partial charge on any atom is -0.489 e. The van der Waals surface area contributed by atoms with Gasteiger partial charge in [0, 0.05) is 51.4 Å². The van der Waals surface area contributed by atoms with E-state index >= 15 is 0 Å². The zero-order valence-electron chi connectivity index (χ0n) is 14.8. The maximum Gasteiger partial charge on any atom is 0.272 e. The first-order chi connectivity index (χ1) is 12.8. The Kier molecular flexibility index (Phi) is 6.24. The number of carbonyl (C=O) groups is 1. The molecule has 134 valence electrons. The molecule has 0 N–H and O–H groups in total. The van der Waals surface area contributed by atoms with Gasteiger partial charge in [-0.2, -0.15) is 0 Å². The number of hydrogen-bond donors (Lipinski definition) is 0. The molecular formula is C21H23N3O2. The summed E-state index contributed by atoms with van der Waals surface area (Å²) in [5, 5.41) is 0. The lowest BCUT2D eigenvalue weighted by Crippen LogP contribution is -2.48. The van der Waals surface area contributed by atoms with Crippen LogP contribution in [0.1, 0.15) is 22.5 Å². The third-order valence-corrected chi connectivity index (χ3v) is 4.43. The Bertz CT molecular complexity index is 762.